The summed E-state index contributed by atoms with van der Waals surface area (Å²) in [4.78, 5) is 35.8. The quantitative estimate of drug-likeness (QED) is 0.0555. The zero-order valence-electron chi connectivity index (χ0n) is 40.0. The smallest absolute Gasteiger partial charge is 0.408 e. The van der Waals surface area contributed by atoms with Crippen molar-refractivity contribution in [2.75, 3.05) is 54.9 Å². The molecule has 2 heterocycles. The van der Waals surface area contributed by atoms with E-state index >= 15 is 0 Å². The van der Waals surface area contributed by atoms with Gasteiger partial charge in [-0.15, -0.1) is 0 Å². The lowest BCUT2D eigenvalue weighted by Gasteiger charge is -2.31. The number of cyclic esters (lactones) is 2. The van der Waals surface area contributed by atoms with Crippen molar-refractivity contribution in [1.82, 2.24) is 5.32 Å². The minimum absolute atomic E-state index is 0.123. The average molecular weight is 887 g/mol. The van der Waals surface area contributed by atoms with Gasteiger partial charge in [0.25, 0.3) is 0 Å². The third kappa shape index (κ3) is 19.2. The summed E-state index contributed by atoms with van der Waals surface area (Å²) in [5.41, 5.74) is 8.07. The third-order valence-corrected chi connectivity index (χ3v) is 11.4. The summed E-state index contributed by atoms with van der Waals surface area (Å²) in [6.45, 7) is 16.7. The van der Waals surface area contributed by atoms with Crippen molar-refractivity contribution in [3.05, 3.63) is 47.5 Å². The molecule has 2 fully saturated rings. The Morgan fingerprint density at radius 1 is 0.698 bits per heavy atom. The number of hydrogen-bond donors (Lipinski definition) is 2. The summed E-state index contributed by atoms with van der Waals surface area (Å²) < 4.78 is 49.3. The first-order chi connectivity index (χ1) is 30.0. The molecule has 3 N–H and O–H groups in total. The molecule has 0 spiro atoms. The maximum Gasteiger partial charge on any atom is 0.408 e. The lowest BCUT2D eigenvalue weighted by Crippen LogP contribution is -2.47. The lowest BCUT2D eigenvalue weighted by atomic mass is 9.82. The van der Waals surface area contributed by atoms with Crippen LogP contribution in [0.1, 0.15) is 111 Å². The number of amides is 1. The SMILES string of the molecule is COCCCOc1cc(C[C@@H](C[C@H](N)[C@@H]2CCC(=O)O2)C(C)C)ccc1OC.COCCCOc1cc(C[C@@H](C[C@H](NC(=O)OC(C)(C)C)[C@@H]2CCC(=O)O2)C(C)C)ccc1OC. The maximum atomic E-state index is 12.6. The van der Waals surface area contributed by atoms with Crippen LogP contribution in [0.2, 0.25) is 0 Å². The number of hydrogen-bond acceptors (Lipinski definition) is 13. The van der Waals surface area contributed by atoms with Gasteiger partial charge in [-0.3, -0.25) is 9.59 Å². The molecule has 2 aliphatic rings. The van der Waals surface area contributed by atoms with Crippen LogP contribution < -0.4 is 30.0 Å². The second-order valence-corrected chi connectivity index (χ2v) is 18.3. The van der Waals surface area contributed by atoms with Gasteiger partial charge < -0.3 is 53.7 Å². The van der Waals surface area contributed by atoms with E-state index in [0.717, 1.165) is 55.6 Å². The van der Waals surface area contributed by atoms with E-state index in [-0.39, 0.29) is 42.1 Å². The second kappa shape index (κ2) is 27.1. The molecule has 0 radical (unpaired) electrons. The van der Waals surface area contributed by atoms with E-state index < -0.39 is 11.7 Å². The Morgan fingerprint density at radius 2 is 1.16 bits per heavy atom. The molecule has 63 heavy (non-hydrogen) atoms. The predicted octanol–water partition coefficient (Wildman–Crippen LogP) is 8.26. The monoisotopic (exact) mass is 887 g/mol. The van der Waals surface area contributed by atoms with Gasteiger partial charge in [0.15, 0.2) is 23.0 Å². The van der Waals surface area contributed by atoms with E-state index in [2.05, 4.69) is 45.1 Å². The van der Waals surface area contributed by atoms with Crippen LogP contribution in [0.5, 0.6) is 23.0 Å². The average Bonchev–Trinajstić information content (AvgIpc) is 3.88. The maximum absolute atomic E-state index is 12.6. The minimum atomic E-state index is -0.610. The lowest BCUT2D eigenvalue weighted by molar-refractivity contribution is -0.143. The van der Waals surface area contributed by atoms with Crippen LogP contribution in [0, 0.1) is 23.7 Å². The molecular formula is C49H78N2O12. The predicted molar refractivity (Wildman–Crippen MR) is 243 cm³/mol. The van der Waals surface area contributed by atoms with Gasteiger partial charge in [0.05, 0.1) is 33.5 Å². The molecule has 14 heteroatoms. The Hall–Kier alpha value is -4.27. The summed E-state index contributed by atoms with van der Waals surface area (Å²) in [6.07, 6.45) is 5.94. The van der Waals surface area contributed by atoms with Gasteiger partial charge in [0.2, 0.25) is 0 Å². The van der Waals surface area contributed by atoms with Crippen LogP contribution in [-0.2, 0) is 46.1 Å². The number of rotatable bonds is 25. The fraction of sp³-hybridized carbons (Fsp3) is 0.694. The van der Waals surface area contributed by atoms with Crippen molar-refractivity contribution in [3.63, 3.8) is 0 Å². The number of esters is 2. The van der Waals surface area contributed by atoms with Gasteiger partial charge in [-0.1, -0.05) is 39.8 Å². The van der Waals surface area contributed by atoms with E-state index in [0.29, 0.717) is 81.4 Å². The zero-order chi connectivity index (χ0) is 46.5. The first-order valence-electron chi connectivity index (χ1n) is 22.7. The summed E-state index contributed by atoms with van der Waals surface area (Å²) in [6, 6.07) is 11.6. The van der Waals surface area contributed by atoms with Crippen LogP contribution in [-0.4, -0.2) is 103 Å². The number of alkyl carbamates (subject to hydrolysis) is 1. The minimum Gasteiger partial charge on any atom is -0.493 e. The number of benzene rings is 2. The molecule has 2 saturated heterocycles. The fourth-order valence-corrected chi connectivity index (χ4v) is 7.75. The van der Waals surface area contributed by atoms with E-state index in [1.54, 1.807) is 28.4 Å². The highest BCUT2D eigenvalue weighted by Gasteiger charge is 2.36. The van der Waals surface area contributed by atoms with Crippen molar-refractivity contribution in [1.29, 1.82) is 0 Å². The highest BCUT2D eigenvalue weighted by molar-refractivity contribution is 5.72. The standard InChI is InChI=1S/C27H43NO7.C22H35NO5/c1-18(2)20(15-19-9-10-23(32-7)24(16-19)33-14-8-13-31-6)17-21(22-11-12-25(29)34-22)28-26(30)35-27(3,4)5;1-15(2)17(14-18(23)19-8-9-22(24)28-19)12-16-6-7-20(26-4)21(13-16)27-11-5-10-25-3/h9-10,16,18,20-22H,8,11-15,17H2,1-7H3,(H,28,30);6-7,13,15,17-19H,5,8-12,14,23H2,1-4H3/t20-,21-,22-;17-,18-,19-/m00/s1. The highest BCUT2D eigenvalue weighted by atomic mass is 16.6. The van der Waals surface area contributed by atoms with Gasteiger partial charge in [0, 0.05) is 59.2 Å². The third-order valence-electron chi connectivity index (χ3n) is 11.4. The first kappa shape index (κ1) is 53.1. The van der Waals surface area contributed by atoms with Crippen molar-refractivity contribution in [3.8, 4) is 23.0 Å². The number of ether oxygens (including phenoxy) is 9. The molecule has 1 amide bonds. The topological polar surface area (TPSA) is 172 Å². The van der Waals surface area contributed by atoms with Gasteiger partial charge in [-0.25, -0.2) is 4.79 Å². The van der Waals surface area contributed by atoms with Gasteiger partial charge >= 0.3 is 18.0 Å². The van der Waals surface area contributed by atoms with Gasteiger partial charge in [-0.2, -0.15) is 0 Å². The summed E-state index contributed by atoms with van der Waals surface area (Å²) in [5, 5.41) is 2.98. The number of carbonyl (C=O) groups is 3. The Bertz CT molecular complexity index is 1680. The molecule has 0 aromatic heterocycles. The van der Waals surface area contributed by atoms with Crippen LogP contribution in [0.25, 0.3) is 0 Å². The Kier molecular flexibility index (Phi) is 22.9. The fourth-order valence-electron chi connectivity index (χ4n) is 7.75. The Morgan fingerprint density at radius 3 is 1.56 bits per heavy atom. The van der Waals surface area contributed by atoms with Crippen LogP contribution >= 0.6 is 0 Å². The molecule has 6 atom stereocenters. The molecule has 0 unspecified atom stereocenters. The zero-order valence-corrected chi connectivity index (χ0v) is 40.0. The summed E-state index contributed by atoms with van der Waals surface area (Å²) in [5.74, 6) is 3.95. The number of nitrogens with one attached hydrogen (secondary N) is 1. The van der Waals surface area contributed by atoms with Crippen molar-refractivity contribution in [2.45, 2.75) is 143 Å². The van der Waals surface area contributed by atoms with Crippen molar-refractivity contribution in [2.24, 2.45) is 29.4 Å². The molecule has 0 saturated carbocycles. The molecule has 4 rings (SSSR count). The summed E-state index contributed by atoms with van der Waals surface area (Å²) in [7, 11) is 6.63. The molecular weight excluding hydrogens is 809 g/mol. The molecule has 0 aliphatic carbocycles. The highest BCUT2D eigenvalue weighted by Crippen LogP contribution is 2.34. The van der Waals surface area contributed by atoms with E-state index in [9.17, 15) is 14.4 Å². The molecule has 0 bridgehead atoms. The van der Waals surface area contributed by atoms with E-state index in [1.807, 2.05) is 45.0 Å². The molecule has 2 aromatic rings. The molecule has 2 aromatic carbocycles. The van der Waals surface area contributed by atoms with E-state index in [1.165, 1.54) is 5.56 Å². The van der Waals surface area contributed by atoms with Crippen molar-refractivity contribution >= 4 is 18.0 Å². The normalized spacial score (nSPS) is 18.1. The van der Waals surface area contributed by atoms with Gasteiger partial charge in [-0.05, 0) is 118 Å². The van der Waals surface area contributed by atoms with Crippen LogP contribution in [0.15, 0.2) is 36.4 Å². The molecule has 356 valence electrons. The number of nitrogens with two attached hydrogens (primary N) is 1. The van der Waals surface area contributed by atoms with E-state index in [4.69, 9.17) is 48.4 Å². The van der Waals surface area contributed by atoms with Crippen LogP contribution in [0.3, 0.4) is 0 Å². The van der Waals surface area contributed by atoms with Crippen molar-refractivity contribution < 1.29 is 57.0 Å². The first-order valence-corrected chi connectivity index (χ1v) is 22.7. The number of carbonyl (C=O) groups excluding carboxylic acids is 3. The van der Waals surface area contributed by atoms with Crippen LogP contribution in [0.4, 0.5) is 4.79 Å². The Labute approximate surface area is 376 Å². The molecule has 2 aliphatic heterocycles. The summed E-state index contributed by atoms with van der Waals surface area (Å²) >= 11 is 0. The second-order valence-electron chi connectivity index (χ2n) is 18.3. The Balaban J connectivity index is 0.000000344. The largest absolute Gasteiger partial charge is 0.493 e. The molecule has 14 nitrogen and oxygen atoms in total. The number of methoxy groups -OCH3 is 4. The van der Waals surface area contributed by atoms with Gasteiger partial charge in [0.1, 0.15) is 17.8 Å².